The van der Waals surface area contributed by atoms with Crippen molar-refractivity contribution in [2.45, 2.75) is 0 Å². The second-order valence-corrected chi connectivity index (χ2v) is 5.45. The monoisotopic (exact) mass is 374 g/mol. The number of benzene rings is 1. The molecule has 0 spiro atoms. The van der Waals surface area contributed by atoms with Gasteiger partial charge in [-0.2, -0.15) is 0 Å². The molecule has 0 aliphatic rings. The summed E-state index contributed by atoms with van der Waals surface area (Å²) in [4.78, 5) is 24.5. The molecule has 2 aromatic rings. The zero-order chi connectivity index (χ0) is 16.7. The van der Waals surface area contributed by atoms with Crippen molar-refractivity contribution in [1.82, 2.24) is 10.6 Å². The first kappa shape index (κ1) is 16.8. The quantitative estimate of drug-likeness (QED) is 0.602. The van der Waals surface area contributed by atoms with E-state index >= 15 is 0 Å². The maximum Gasteiger partial charge on any atom is 0.268 e. The second-order valence-electron chi connectivity index (χ2n) is 4.54. The lowest BCUT2D eigenvalue weighted by atomic mass is 10.2. The number of hydrogen-bond donors (Lipinski definition) is 2. The molecule has 1 aromatic carbocycles. The number of rotatable bonds is 6. The average Bonchev–Trinajstić information content (AvgIpc) is 3.05. The second kappa shape index (κ2) is 8.14. The van der Waals surface area contributed by atoms with Crippen molar-refractivity contribution >= 4 is 33.8 Å². The van der Waals surface area contributed by atoms with Crippen LogP contribution in [0.3, 0.4) is 0 Å². The number of halogens is 1. The van der Waals surface area contributed by atoms with Gasteiger partial charge in [-0.05, 0) is 30.3 Å². The van der Waals surface area contributed by atoms with Gasteiger partial charge in [-0.1, -0.05) is 28.1 Å². The lowest BCUT2D eigenvalue weighted by Crippen LogP contribution is -2.34. The summed E-state index contributed by atoms with van der Waals surface area (Å²) < 4.78 is 5.97. The standard InChI is InChI=1S/C17H15BrN2O3/c1-2-8-19-17(22)15(11-14-7-4-9-23-14)20-16(21)12-5-3-6-13(18)10-12/h2-7,9-11H,1,8H2,(H,19,22)(H,20,21). The van der Waals surface area contributed by atoms with Crippen LogP contribution in [0.4, 0.5) is 0 Å². The van der Waals surface area contributed by atoms with Gasteiger partial charge in [0.05, 0.1) is 6.26 Å². The highest BCUT2D eigenvalue weighted by Crippen LogP contribution is 2.12. The lowest BCUT2D eigenvalue weighted by molar-refractivity contribution is -0.117. The first-order chi connectivity index (χ1) is 11.1. The molecule has 1 aromatic heterocycles. The molecule has 0 saturated carbocycles. The number of amides is 2. The van der Waals surface area contributed by atoms with E-state index in [-0.39, 0.29) is 5.70 Å². The minimum Gasteiger partial charge on any atom is -0.465 e. The Kier molecular flexibility index (Phi) is 5.94. The third-order valence-corrected chi connectivity index (χ3v) is 3.31. The van der Waals surface area contributed by atoms with Gasteiger partial charge in [0.1, 0.15) is 11.5 Å². The summed E-state index contributed by atoms with van der Waals surface area (Å²) in [5, 5.41) is 5.22. The predicted octanol–water partition coefficient (Wildman–Crippen LogP) is 3.12. The van der Waals surface area contributed by atoms with Crippen molar-refractivity contribution in [3.63, 3.8) is 0 Å². The van der Waals surface area contributed by atoms with Gasteiger partial charge < -0.3 is 15.1 Å². The van der Waals surface area contributed by atoms with Crippen LogP contribution in [0.1, 0.15) is 16.1 Å². The van der Waals surface area contributed by atoms with Gasteiger partial charge in [0, 0.05) is 22.7 Å². The SMILES string of the molecule is C=CCNC(=O)C(=Cc1ccco1)NC(=O)c1cccc(Br)c1. The molecule has 1 heterocycles. The molecule has 0 fully saturated rings. The molecule has 0 radical (unpaired) electrons. The summed E-state index contributed by atoms with van der Waals surface area (Å²) in [6.07, 6.45) is 4.51. The lowest BCUT2D eigenvalue weighted by Gasteiger charge is -2.10. The van der Waals surface area contributed by atoms with Crippen LogP contribution in [0.15, 0.2) is 69.9 Å². The first-order valence-electron chi connectivity index (χ1n) is 6.81. The smallest absolute Gasteiger partial charge is 0.268 e. The van der Waals surface area contributed by atoms with E-state index in [4.69, 9.17) is 4.42 Å². The molecular weight excluding hydrogens is 360 g/mol. The largest absolute Gasteiger partial charge is 0.465 e. The Balaban J connectivity index is 2.22. The highest BCUT2D eigenvalue weighted by atomic mass is 79.9. The summed E-state index contributed by atoms with van der Waals surface area (Å²) in [6.45, 7) is 3.83. The Morgan fingerprint density at radius 2 is 2.09 bits per heavy atom. The summed E-state index contributed by atoms with van der Waals surface area (Å²) >= 11 is 3.31. The van der Waals surface area contributed by atoms with Gasteiger partial charge in [-0.25, -0.2) is 0 Å². The van der Waals surface area contributed by atoms with Gasteiger partial charge in [0.2, 0.25) is 0 Å². The molecule has 23 heavy (non-hydrogen) atoms. The zero-order valence-corrected chi connectivity index (χ0v) is 13.8. The molecule has 0 saturated heterocycles. The fraction of sp³-hybridized carbons (Fsp3) is 0.0588. The maximum absolute atomic E-state index is 12.3. The van der Waals surface area contributed by atoms with Gasteiger partial charge in [0.15, 0.2) is 0 Å². The van der Waals surface area contributed by atoms with Crippen LogP contribution in [-0.4, -0.2) is 18.4 Å². The molecular formula is C17H15BrN2O3. The molecule has 2 N–H and O–H groups in total. The minimum atomic E-state index is -0.426. The van der Waals surface area contributed by atoms with Gasteiger partial charge in [0.25, 0.3) is 11.8 Å². The van der Waals surface area contributed by atoms with Gasteiger partial charge in [-0.3, -0.25) is 9.59 Å². The maximum atomic E-state index is 12.3. The number of furan rings is 1. The molecule has 0 bridgehead atoms. The normalized spacial score (nSPS) is 10.9. The van der Waals surface area contributed by atoms with Crippen LogP contribution in [0, 0.1) is 0 Å². The molecule has 0 aliphatic heterocycles. The van der Waals surface area contributed by atoms with Crippen LogP contribution in [0.5, 0.6) is 0 Å². The predicted molar refractivity (Wildman–Crippen MR) is 91.5 cm³/mol. The highest BCUT2D eigenvalue weighted by molar-refractivity contribution is 9.10. The topological polar surface area (TPSA) is 71.3 Å². The zero-order valence-electron chi connectivity index (χ0n) is 12.2. The van der Waals surface area contributed by atoms with E-state index in [1.54, 1.807) is 36.4 Å². The Morgan fingerprint density at radius 3 is 2.74 bits per heavy atom. The van der Waals surface area contributed by atoms with E-state index in [0.29, 0.717) is 17.9 Å². The van der Waals surface area contributed by atoms with Crippen molar-refractivity contribution in [2.24, 2.45) is 0 Å². The third kappa shape index (κ3) is 4.96. The molecule has 6 heteroatoms. The van der Waals surface area contributed by atoms with E-state index in [2.05, 4.69) is 33.1 Å². The van der Waals surface area contributed by atoms with Crippen molar-refractivity contribution in [3.05, 3.63) is 76.8 Å². The summed E-state index contributed by atoms with van der Waals surface area (Å²) in [5.74, 6) is -0.356. The molecule has 5 nitrogen and oxygen atoms in total. The first-order valence-corrected chi connectivity index (χ1v) is 7.60. The van der Waals surface area contributed by atoms with E-state index in [0.717, 1.165) is 4.47 Å². The van der Waals surface area contributed by atoms with Crippen molar-refractivity contribution in [2.75, 3.05) is 6.54 Å². The van der Waals surface area contributed by atoms with Crippen molar-refractivity contribution in [3.8, 4) is 0 Å². The van der Waals surface area contributed by atoms with Crippen LogP contribution in [-0.2, 0) is 4.79 Å². The fourth-order valence-electron chi connectivity index (χ4n) is 1.76. The molecule has 0 aliphatic carbocycles. The number of carbonyl (C=O) groups is 2. The Morgan fingerprint density at radius 1 is 1.26 bits per heavy atom. The Hall–Kier alpha value is -2.60. The minimum absolute atomic E-state index is 0.0896. The van der Waals surface area contributed by atoms with Crippen LogP contribution >= 0.6 is 15.9 Å². The number of nitrogens with one attached hydrogen (secondary N) is 2. The van der Waals surface area contributed by atoms with Crippen molar-refractivity contribution in [1.29, 1.82) is 0 Å². The van der Waals surface area contributed by atoms with E-state index in [1.807, 2.05) is 6.07 Å². The molecule has 118 valence electrons. The van der Waals surface area contributed by atoms with Crippen LogP contribution < -0.4 is 10.6 Å². The Labute approximate surface area is 142 Å². The van der Waals surface area contributed by atoms with Crippen LogP contribution in [0.25, 0.3) is 6.08 Å². The fourth-order valence-corrected chi connectivity index (χ4v) is 2.16. The van der Waals surface area contributed by atoms with Gasteiger partial charge >= 0.3 is 0 Å². The van der Waals surface area contributed by atoms with E-state index < -0.39 is 11.8 Å². The summed E-state index contributed by atoms with van der Waals surface area (Å²) in [5.41, 5.74) is 0.521. The molecule has 0 unspecified atom stereocenters. The average molecular weight is 375 g/mol. The van der Waals surface area contributed by atoms with Gasteiger partial charge in [-0.15, -0.1) is 6.58 Å². The van der Waals surface area contributed by atoms with E-state index in [1.165, 1.54) is 12.3 Å². The summed E-state index contributed by atoms with van der Waals surface area (Å²) in [7, 11) is 0. The third-order valence-electron chi connectivity index (χ3n) is 2.82. The molecule has 2 amide bonds. The molecule has 2 rings (SSSR count). The number of hydrogen-bond acceptors (Lipinski definition) is 3. The summed E-state index contributed by atoms with van der Waals surface area (Å²) in [6, 6.07) is 10.3. The Bertz CT molecular complexity index is 736. The molecule has 0 atom stereocenters. The van der Waals surface area contributed by atoms with Crippen molar-refractivity contribution < 1.29 is 14.0 Å². The van der Waals surface area contributed by atoms with E-state index in [9.17, 15) is 9.59 Å². The van der Waals surface area contributed by atoms with Crippen LogP contribution in [0.2, 0.25) is 0 Å². The highest BCUT2D eigenvalue weighted by Gasteiger charge is 2.14. The number of carbonyl (C=O) groups excluding carboxylic acids is 2.